The Hall–Kier alpha value is -3.57. The van der Waals surface area contributed by atoms with E-state index >= 15 is 0 Å². The number of benzene rings is 2. The lowest BCUT2D eigenvalue weighted by molar-refractivity contribution is 0.235. The zero-order valence-electron chi connectivity index (χ0n) is 19.2. The van der Waals surface area contributed by atoms with Crippen molar-refractivity contribution < 1.29 is 13.5 Å². The van der Waals surface area contributed by atoms with E-state index in [4.69, 9.17) is 4.74 Å². The van der Waals surface area contributed by atoms with E-state index in [0.29, 0.717) is 0 Å². The Kier molecular flexibility index (Phi) is 4.43. The highest BCUT2D eigenvalue weighted by molar-refractivity contribution is 5.68. The number of halogens is 2. The van der Waals surface area contributed by atoms with E-state index in [9.17, 15) is 8.78 Å². The van der Waals surface area contributed by atoms with Crippen LogP contribution >= 0.6 is 0 Å². The number of hydrogen-bond acceptors (Lipinski definition) is 2. The molecule has 3 heterocycles. The third kappa shape index (κ3) is 3.15. The van der Waals surface area contributed by atoms with Gasteiger partial charge in [0.25, 0.3) is 0 Å². The zero-order valence-corrected chi connectivity index (χ0v) is 19.2. The maximum atomic E-state index is 13.4. The van der Waals surface area contributed by atoms with E-state index in [2.05, 4.69) is 46.1 Å². The number of aryl methyl sites for hydroxylation is 1. The van der Waals surface area contributed by atoms with Crippen molar-refractivity contribution in [3.8, 4) is 16.8 Å². The van der Waals surface area contributed by atoms with E-state index in [1.54, 1.807) is 12.3 Å². The average molecular weight is 467 g/mol. The Labute approximate surface area is 202 Å². The van der Waals surface area contributed by atoms with Crippen molar-refractivity contribution in [2.75, 3.05) is 0 Å². The Morgan fingerprint density at radius 1 is 0.971 bits per heavy atom. The van der Waals surface area contributed by atoms with Gasteiger partial charge < -0.3 is 9.30 Å². The fraction of sp³-hybridized carbons (Fsp3) is 0.233. The first-order chi connectivity index (χ1) is 17.1. The molecule has 1 unspecified atom stereocenters. The molecule has 5 heteroatoms. The summed E-state index contributed by atoms with van der Waals surface area (Å²) in [7, 11) is 0. The molecule has 3 aliphatic rings. The van der Waals surface area contributed by atoms with Gasteiger partial charge in [-0.05, 0) is 96.5 Å². The van der Waals surface area contributed by atoms with Gasteiger partial charge >= 0.3 is 0 Å². The summed E-state index contributed by atoms with van der Waals surface area (Å²) < 4.78 is 35.5. The van der Waals surface area contributed by atoms with Crippen LogP contribution in [-0.4, -0.2) is 20.8 Å². The van der Waals surface area contributed by atoms with Crippen LogP contribution in [0.1, 0.15) is 36.1 Å². The zero-order chi connectivity index (χ0) is 23.6. The molecule has 2 aromatic heterocycles. The summed E-state index contributed by atoms with van der Waals surface area (Å²) in [5.74, 6) is -0.690. The molecule has 0 radical (unpaired) electrons. The number of epoxide rings is 1. The minimum atomic E-state index is -0.464. The monoisotopic (exact) mass is 466 g/mol. The molecular formula is C30H24F2N2O. The summed E-state index contributed by atoms with van der Waals surface area (Å²) in [6, 6.07) is 20.3. The molecule has 2 aliphatic carbocycles. The first-order valence-electron chi connectivity index (χ1n) is 12.1. The molecule has 1 saturated heterocycles. The fourth-order valence-corrected chi connectivity index (χ4v) is 6.28. The second-order valence-electron chi connectivity index (χ2n) is 9.87. The molecule has 4 aromatic rings. The summed E-state index contributed by atoms with van der Waals surface area (Å²) in [5.41, 5.74) is 7.75. The summed E-state index contributed by atoms with van der Waals surface area (Å²) in [6.45, 7) is 0. The number of aromatic nitrogens is 2. The van der Waals surface area contributed by atoms with E-state index in [1.807, 2.05) is 18.2 Å². The number of nitrogens with zero attached hydrogens (tertiary/aromatic N) is 2. The summed E-state index contributed by atoms with van der Waals surface area (Å²) >= 11 is 0. The van der Waals surface area contributed by atoms with Gasteiger partial charge in [-0.15, -0.1) is 0 Å². The topological polar surface area (TPSA) is 30.4 Å². The molecule has 35 heavy (non-hydrogen) atoms. The largest absolute Gasteiger partial charge is 0.357 e. The molecule has 1 aliphatic heterocycles. The molecule has 7 rings (SSSR count). The Bertz CT molecular complexity index is 1470. The molecule has 3 nitrogen and oxygen atoms in total. The first-order valence-corrected chi connectivity index (χ1v) is 12.1. The van der Waals surface area contributed by atoms with Gasteiger partial charge in [0.15, 0.2) is 0 Å². The average Bonchev–Trinajstić information content (AvgIpc) is 3.15. The van der Waals surface area contributed by atoms with Crippen molar-refractivity contribution in [1.29, 1.82) is 0 Å². The van der Waals surface area contributed by atoms with Gasteiger partial charge in [0.2, 0.25) is 5.95 Å². The van der Waals surface area contributed by atoms with Gasteiger partial charge in [0.05, 0.1) is 0 Å². The highest BCUT2D eigenvalue weighted by Gasteiger charge is 2.74. The van der Waals surface area contributed by atoms with Crippen LogP contribution in [0.3, 0.4) is 0 Å². The molecule has 0 amide bonds. The Balaban J connectivity index is 1.15. The predicted octanol–water partition coefficient (Wildman–Crippen LogP) is 6.69. The lowest BCUT2D eigenvalue weighted by atomic mass is 9.80. The molecule has 2 fully saturated rings. The molecule has 2 aromatic carbocycles. The van der Waals surface area contributed by atoms with Crippen LogP contribution < -0.4 is 0 Å². The van der Waals surface area contributed by atoms with Gasteiger partial charge in [-0.25, -0.2) is 9.37 Å². The Morgan fingerprint density at radius 2 is 1.83 bits per heavy atom. The van der Waals surface area contributed by atoms with Crippen LogP contribution in [0.15, 0.2) is 84.7 Å². The van der Waals surface area contributed by atoms with Gasteiger partial charge in [0, 0.05) is 35.8 Å². The fourth-order valence-electron chi connectivity index (χ4n) is 6.28. The predicted molar refractivity (Wildman–Crippen MR) is 131 cm³/mol. The van der Waals surface area contributed by atoms with Crippen LogP contribution in [-0.2, 0) is 17.6 Å². The number of ether oxygens (including phenoxy) is 1. The SMILES string of the molecule is Fc1ccc(-n2ccc3c2C=C2CC[C@]4(CCc5ccccc5-c5ccc(F)nc5)OC24C3)cc1. The van der Waals surface area contributed by atoms with Crippen molar-refractivity contribution >= 4 is 6.08 Å². The van der Waals surface area contributed by atoms with E-state index in [-0.39, 0.29) is 17.0 Å². The van der Waals surface area contributed by atoms with Crippen LogP contribution in [0.2, 0.25) is 0 Å². The van der Waals surface area contributed by atoms with Gasteiger partial charge in [0.1, 0.15) is 17.0 Å². The lowest BCUT2D eigenvalue weighted by Gasteiger charge is -2.21. The van der Waals surface area contributed by atoms with Gasteiger partial charge in [-0.1, -0.05) is 24.3 Å². The van der Waals surface area contributed by atoms with E-state index in [1.165, 1.54) is 40.6 Å². The number of hydrogen-bond donors (Lipinski definition) is 0. The van der Waals surface area contributed by atoms with Gasteiger partial charge in [-0.2, -0.15) is 4.39 Å². The van der Waals surface area contributed by atoms with Crippen molar-refractivity contribution in [2.24, 2.45) is 0 Å². The van der Waals surface area contributed by atoms with Crippen molar-refractivity contribution in [1.82, 2.24) is 9.55 Å². The maximum Gasteiger partial charge on any atom is 0.212 e. The van der Waals surface area contributed by atoms with Crippen LogP contribution in [0.5, 0.6) is 0 Å². The highest BCUT2D eigenvalue weighted by Crippen LogP contribution is 2.67. The standard InChI is InChI=1S/C30H24F2N2O/c31-24-6-8-25(9-7-24)34-16-13-21-18-30-23(17-27(21)34)12-15-29(30,35-30)14-11-20-3-1-2-4-26(20)22-5-10-28(32)33-19-22/h1-10,13,16-17,19H,11-12,14-15,18H2/t29-,30?/m0/s1. The molecule has 2 atom stereocenters. The first kappa shape index (κ1) is 20.8. The third-order valence-electron chi connectivity index (χ3n) is 8.10. The van der Waals surface area contributed by atoms with Crippen LogP contribution in [0, 0.1) is 11.8 Å². The van der Waals surface area contributed by atoms with Crippen molar-refractivity contribution in [2.45, 2.75) is 43.3 Å². The van der Waals surface area contributed by atoms with Crippen molar-refractivity contribution in [3.05, 3.63) is 113 Å². The summed E-state index contributed by atoms with van der Waals surface area (Å²) in [6.07, 6.45) is 10.8. The second-order valence-corrected chi connectivity index (χ2v) is 9.87. The normalized spacial score (nSPS) is 23.9. The number of pyridine rings is 1. The summed E-state index contributed by atoms with van der Waals surface area (Å²) in [4.78, 5) is 3.84. The highest BCUT2D eigenvalue weighted by atomic mass is 19.1. The van der Waals surface area contributed by atoms with Crippen LogP contribution in [0.4, 0.5) is 8.78 Å². The Morgan fingerprint density at radius 3 is 2.66 bits per heavy atom. The quantitative estimate of drug-likeness (QED) is 0.242. The molecular weight excluding hydrogens is 442 g/mol. The lowest BCUT2D eigenvalue weighted by Crippen LogP contribution is -2.27. The second kappa shape index (κ2) is 7.46. The smallest absolute Gasteiger partial charge is 0.212 e. The molecule has 0 N–H and O–H groups in total. The molecule has 0 bridgehead atoms. The maximum absolute atomic E-state index is 13.4. The minimum Gasteiger partial charge on any atom is -0.357 e. The van der Waals surface area contributed by atoms with Gasteiger partial charge in [-0.3, -0.25) is 0 Å². The van der Waals surface area contributed by atoms with Crippen molar-refractivity contribution in [3.63, 3.8) is 0 Å². The molecule has 1 saturated carbocycles. The number of fused-ring (bicyclic) bond motifs is 1. The molecule has 174 valence electrons. The minimum absolute atomic E-state index is 0.122. The van der Waals surface area contributed by atoms with Crippen LogP contribution in [0.25, 0.3) is 22.9 Å². The summed E-state index contributed by atoms with van der Waals surface area (Å²) in [5, 5.41) is 0. The van der Waals surface area contributed by atoms with E-state index in [0.717, 1.165) is 48.9 Å². The number of rotatable bonds is 5. The molecule has 1 spiro atoms. The third-order valence-corrected chi connectivity index (χ3v) is 8.10. The van der Waals surface area contributed by atoms with E-state index < -0.39 is 5.95 Å².